The molecule has 2 N–H and O–H groups in total. The highest BCUT2D eigenvalue weighted by Crippen LogP contribution is 2.27. The molecule has 0 saturated carbocycles. The van der Waals surface area contributed by atoms with Crippen molar-refractivity contribution in [3.05, 3.63) is 29.6 Å². The second kappa shape index (κ2) is 6.86. The Balaban J connectivity index is 1.80. The summed E-state index contributed by atoms with van der Waals surface area (Å²) >= 11 is 0. The van der Waals surface area contributed by atoms with Crippen LogP contribution in [0.4, 0.5) is 13.2 Å². The van der Waals surface area contributed by atoms with E-state index in [1.807, 2.05) is 0 Å². The molecule has 5 nitrogen and oxygen atoms in total. The molecule has 0 bridgehead atoms. The summed E-state index contributed by atoms with van der Waals surface area (Å²) in [6.45, 7) is 4.89. The zero-order valence-electron chi connectivity index (χ0n) is 11.4. The van der Waals surface area contributed by atoms with Gasteiger partial charge in [-0.05, 0) is 12.1 Å². The highest BCUT2D eigenvalue weighted by molar-refractivity contribution is 5.93. The molecule has 0 unspecified atom stereocenters. The van der Waals surface area contributed by atoms with Gasteiger partial charge in [-0.15, -0.1) is 0 Å². The van der Waals surface area contributed by atoms with Crippen molar-refractivity contribution in [1.29, 1.82) is 0 Å². The van der Waals surface area contributed by atoms with Crippen molar-refractivity contribution in [1.82, 2.24) is 20.5 Å². The normalized spacial score (nSPS) is 16.7. The summed E-state index contributed by atoms with van der Waals surface area (Å²) in [6, 6.07) is 1.95. The quantitative estimate of drug-likeness (QED) is 0.861. The lowest BCUT2D eigenvalue weighted by atomic mass is 10.2. The van der Waals surface area contributed by atoms with Crippen molar-refractivity contribution in [2.75, 3.05) is 39.3 Å². The van der Waals surface area contributed by atoms with Crippen molar-refractivity contribution < 1.29 is 18.0 Å². The molecular formula is C13H17F3N4O. The molecule has 1 aliphatic heterocycles. The van der Waals surface area contributed by atoms with Crippen LogP contribution >= 0.6 is 0 Å². The predicted molar refractivity (Wildman–Crippen MR) is 70.9 cm³/mol. The Morgan fingerprint density at radius 3 is 2.62 bits per heavy atom. The van der Waals surface area contributed by atoms with Crippen LogP contribution < -0.4 is 10.6 Å². The van der Waals surface area contributed by atoms with Crippen LogP contribution in [0, 0.1) is 0 Å². The van der Waals surface area contributed by atoms with E-state index in [4.69, 9.17) is 0 Å². The van der Waals surface area contributed by atoms with E-state index >= 15 is 0 Å². The number of piperazine rings is 1. The van der Waals surface area contributed by atoms with Crippen LogP contribution in [-0.2, 0) is 6.18 Å². The molecule has 1 amide bonds. The molecule has 1 fully saturated rings. The maximum Gasteiger partial charge on any atom is 0.433 e. The minimum absolute atomic E-state index is 0.128. The van der Waals surface area contributed by atoms with Crippen molar-refractivity contribution in [2.45, 2.75) is 6.18 Å². The zero-order valence-corrected chi connectivity index (χ0v) is 11.4. The van der Waals surface area contributed by atoms with Crippen molar-refractivity contribution >= 4 is 5.91 Å². The summed E-state index contributed by atoms with van der Waals surface area (Å²) in [4.78, 5) is 17.3. The van der Waals surface area contributed by atoms with Gasteiger partial charge in [-0.1, -0.05) is 0 Å². The third kappa shape index (κ3) is 4.68. The first-order valence-electron chi connectivity index (χ1n) is 6.71. The minimum Gasteiger partial charge on any atom is -0.351 e. The van der Waals surface area contributed by atoms with E-state index < -0.39 is 17.8 Å². The van der Waals surface area contributed by atoms with Crippen molar-refractivity contribution in [2.24, 2.45) is 0 Å². The Labute approximate surface area is 120 Å². The first kappa shape index (κ1) is 15.7. The number of nitrogens with zero attached hydrogens (tertiary/aromatic N) is 2. The SMILES string of the molecule is O=C(NCCN1CCNCC1)c1ccc(C(F)(F)F)nc1. The van der Waals surface area contributed by atoms with E-state index in [9.17, 15) is 18.0 Å². The molecule has 8 heteroatoms. The Bertz CT molecular complexity index is 469. The highest BCUT2D eigenvalue weighted by Gasteiger charge is 2.32. The second-order valence-corrected chi connectivity index (χ2v) is 4.78. The first-order valence-corrected chi connectivity index (χ1v) is 6.71. The summed E-state index contributed by atoms with van der Waals surface area (Å²) in [5.41, 5.74) is -0.872. The smallest absolute Gasteiger partial charge is 0.351 e. The lowest BCUT2D eigenvalue weighted by Crippen LogP contribution is -2.46. The standard InChI is InChI=1S/C13H17F3N4O/c14-13(15,16)11-2-1-10(9-19-11)12(21)18-5-8-20-6-3-17-4-7-20/h1-2,9,17H,3-8H2,(H,18,21). The van der Waals surface area contributed by atoms with Crippen LogP contribution in [0.2, 0.25) is 0 Å². The Morgan fingerprint density at radius 2 is 2.05 bits per heavy atom. The summed E-state index contributed by atoms with van der Waals surface area (Å²) in [5, 5.41) is 5.91. The van der Waals surface area contributed by atoms with Gasteiger partial charge in [0.15, 0.2) is 0 Å². The molecule has 0 aromatic carbocycles. The number of nitrogens with one attached hydrogen (secondary N) is 2. The Kier molecular flexibility index (Phi) is 5.13. The van der Waals surface area contributed by atoms with Crippen LogP contribution in [0.1, 0.15) is 16.1 Å². The van der Waals surface area contributed by atoms with Gasteiger partial charge in [-0.3, -0.25) is 14.7 Å². The molecule has 2 heterocycles. The molecule has 0 aliphatic carbocycles. The van der Waals surface area contributed by atoms with E-state index in [0.29, 0.717) is 6.54 Å². The molecule has 2 rings (SSSR count). The van der Waals surface area contributed by atoms with Gasteiger partial charge in [-0.2, -0.15) is 13.2 Å². The largest absolute Gasteiger partial charge is 0.433 e. The second-order valence-electron chi connectivity index (χ2n) is 4.78. The topological polar surface area (TPSA) is 57.3 Å². The summed E-state index contributed by atoms with van der Waals surface area (Å²) in [7, 11) is 0. The number of amides is 1. The maximum atomic E-state index is 12.4. The lowest BCUT2D eigenvalue weighted by molar-refractivity contribution is -0.141. The third-order valence-corrected chi connectivity index (χ3v) is 3.24. The minimum atomic E-state index is -4.49. The number of alkyl halides is 3. The number of halogens is 3. The predicted octanol–water partition coefficient (Wildman–Crippen LogP) is 0.735. The van der Waals surface area contributed by atoms with E-state index in [1.54, 1.807) is 0 Å². The van der Waals surface area contributed by atoms with Gasteiger partial charge in [0.25, 0.3) is 5.91 Å². The Morgan fingerprint density at radius 1 is 1.33 bits per heavy atom. The molecule has 116 valence electrons. The van der Waals surface area contributed by atoms with Gasteiger partial charge < -0.3 is 10.6 Å². The number of carbonyl (C=O) groups is 1. The number of pyridine rings is 1. The fourth-order valence-corrected chi connectivity index (χ4v) is 2.06. The van der Waals surface area contributed by atoms with Crippen molar-refractivity contribution in [3.8, 4) is 0 Å². The van der Waals surface area contributed by atoms with Gasteiger partial charge in [0.1, 0.15) is 5.69 Å². The molecule has 0 radical (unpaired) electrons. The summed E-state index contributed by atoms with van der Waals surface area (Å²) in [5.74, 6) is -0.411. The van der Waals surface area contributed by atoms with Crippen molar-refractivity contribution in [3.63, 3.8) is 0 Å². The van der Waals surface area contributed by atoms with Gasteiger partial charge in [0, 0.05) is 45.5 Å². The van der Waals surface area contributed by atoms with Crippen LogP contribution in [0.3, 0.4) is 0 Å². The molecule has 1 aliphatic rings. The number of aromatic nitrogens is 1. The average Bonchev–Trinajstić information content (AvgIpc) is 2.47. The molecule has 1 aromatic heterocycles. The van der Waals surface area contributed by atoms with E-state index in [1.165, 1.54) is 0 Å². The lowest BCUT2D eigenvalue weighted by Gasteiger charge is -2.27. The summed E-state index contributed by atoms with van der Waals surface area (Å²) < 4.78 is 37.1. The first-order chi connectivity index (χ1) is 9.97. The fraction of sp³-hybridized carbons (Fsp3) is 0.538. The zero-order chi connectivity index (χ0) is 15.3. The average molecular weight is 302 g/mol. The molecular weight excluding hydrogens is 285 g/mol. The molecule has 1 saturated heterocycles. The fourth-order valence-electron chi connectivity index (χ4n) is 2.06. The number of rotatable bonds is 4. The van der Waals surface area contributed by atoms with E-state index in [2.05, 4.69) is 20.5 Å². The van der Waals surface area contributed by atoms with Crippen LogP contribution in [0.15, 0.2) is 18.3 Å². The van der Waals surface area contributed by atoms with Gasteiger partial charge in [0.05, 0.1) is 5.56 Å². The van der Waals surface area contributed by atoms with E-state index in [0.717, 1.165) is 51.1 Å². The van der Waals surface area contributed by atoms with Gasteiger partial charge in [-0.25, -0.2) is 0 Å². The van der Waals surface area contributed by atoms with Gasteiger partial charge in [0.2, 0.25) is 0 Å². The molecule has 0 spiro atoms. The van der Waals surface area contributed by atoms with Crippen LogP contribution in [0.25, 0.3) is 0 Å². The van der Waals surface area contributed by atoms with Gasteiger partial charge >= 0.3 is 6.18 Å². The monoisotopic (exact) mass is 302 g/mol. The molecule has 0 atom stereocenters. The maximum absolute atomic E-state index is 12.4. The number of carbonyl (C=O) groups excluding carboxylic acids is 1. The highest BCUT2D eigenvalue weighted by atomic mass is 19.4. The molecule has 1 aromatic rings. The van der Waals surface area contributed by atoms with Crippen LogP contribution in [-0.4, -0.2) is 55.1 Å². The third-order valence-electron chi connectivity index (χ3n) is 3.24. The van der Waals surface area contributed by atoms with E-state index in [-0.39, 0.29) is 5.56 Å². The van der Waals surface area contributed by atoms with Crippen LogP contribution in [0.5, 0.6) is 0 Å². The molecule has 21 heavy (non-hydrogen) atoms. The number of hydrogen-bond acceptors (Lipinski definition) is 4. The number of hydrogen-bond donors (Lipinski definition) is 2. The summed E-state index contributed by atoms with van der Waals surface area (Å²) in [6.07, 6.45) is -3.54. The Hall–Kier alpha value is -1.67.